The monoisotopic (exact) mass is 329 g/mol. The zero-order valence-corrected chi connectivity index (χ0v) is 13.5. The molecule has 0 saturated carbocycles. The summed E-state index contributed by atoms with van der Waals surface area (Å²) in [6, 6.07) is 11.7. The van der Waals surface area contributed by atoms with Gasteiger partial charge in [-0.2, -0.15) is 0 Å². The zero-order valence-electron chi connectivity index (χ0n) is 12.7. The molecule has 118 valence electrons. The smallest absolute Gasteiger partial charge is 0.254 e. The summed E-state index contributed by atoms with van der Waals surface area (Å²) in [6.45, 7) is 0.137. The lowest BCUT2D eigenvalue weighted by Crippen LogP contribution is -2.30. The third-order valence-corrected chi connectivity index (χ3v) is 4.84. The lowest BCUT2D eigenvalue weighted by atomic mass is 10.1. The second-order valence-corrected chi connectivity index (χ2v) is 6.27. The fourth-order valence-corrected chi connectivity index (χ4v) is 3.64. The summed E-state index contributed by atoms with van der Waals surface area (Å²) >= 11 is 6.19. The standard InChI is InChI=1S/C18H16ClNO3/c1-20(15-7-6-11-4-2-3-5-13(11)15)18(21)12-8-14(19)17-16(9-12)22-10-23-17/h2-5,8-9,15H,6-7,10H2,1H3. The predicted octanol–water partition coefficient (Wildman–Crippen LogP) is 3.83. The summed E-state index contributed by atoms with van der Waals surface area (Å²) in [5, 5.41) is 0.406. The molecule has 1 heterocycles. The van der Waals surface area contributed by atoms with Gasteiger partial charge in [0.2, 0.25) is 6.79 Å². The summed E-state index contributed by atoms with van der Waals surface area (Å²) in [5.41, 5.74) is 3.07. The number of halogens is 1. The van der Waals surface area contributed by atoms with Crippen molar-refractivity contribution in [3.05, 3.63) is 58.1 Å². The molecule has 0 fully saturated rings. The Labute approximate surface area is 139 Å². The van der Waals surface area contributed by atoms with Crippen LogP contribution >= 0.6 is 11.6 Å². The van der Waals surface area contributed by atoms with Gasteiger partial charge >= 0.3 is 0 Å². The summed E-state index contributed by atoms with van der Waals surface area (Å²) in [5.74, 6) is 0.977. The maximum atomic E-state index is 12.9. The van der Waals surface area contributed by atoms with Crippen LogP contribution in [0.4, 0.5) is 0 Å². The highest BCUT2D eigenvalue weighted by Crippen LogP contribution is 2.41. The van der Waals surface area contributed by atoms with Gasteiger partial charge in [0.1, 0.15) is 0 Å². The number of rotatable bonds is 2. The van der Waals surface area contributed by atoms with E-state index < -0.39 is 0 Å². The van der Waals surface area contributed by atoms with Crippen LogP contribution in [-0.2, 0) is 6.42 Å². The third-order valence-electron chi connectivity index (χ3n) is 4.56. The Kier molecular flexibility index (Phi) is 3.42. The topological polar surface area (TPSA) is 38.8 Å². The molecule has 1 unspecified atom stereocenters. The lowest BCUT2D eigenvalue weighted by Gasteiger charge is -2.25. The number of benzene rings is 2. The number of nitrogens with zero attached hydrogens (tertiary/aromatic N) is 1. The number of carbonyl (C=O) groups is 1. The summed E-state index contributed by atoms with van der Waals surface area (Å²) in [4.78, 5) is 14.7. The Balaban J connectivity index is 1.64. The highest BCUT2D eigenvalue weighted by atomic mass is 35.5. The van der Waals surface area contributed by atoms with Crippen LogP contribution in [0.3, 0.4) is 0 Å². The van der Waals surface area contributed by atoms with Gasteiger partial charge in [-0.1, -0.05) is 35.9 Å². The third kappa shape index (κ3) is 2.34. The van der Waals surface area contributed by atoms with E-state index in [0.29, 0.717) is 22.1 Å². The highest BCUT2D eigenvalue weighted by Gasteiger charge is 2.30. The Morgan fingerprint density at radius 2 is 2.09 bits per heavy atom. The number of aryl methyl sites for hydroxylation is 1. The average Bonchev–Trinajstić information content (AvgIpc) is 3.20. The van der Waals surface area contributed by atoms with Crippen molar-refractivity contribution in [2.45, 2.75) is 18.9 Å². The number of hydrogen-bond donors (Lipinski definition) is 0. The molecule has 0 radical (unpaired) electrons. The molecule has 23 heavy (non-hydrogen) atoms. The number of fused-ring (bicyclic) bond motifs is 2. The van der Waals surface area contributed by atoms with Gasteiger partial charge in [0, 0.05) is 12.6 Å². The summed E-state index contributed by atoms with van der Waals surface area (Å²) in [6.07, 6.45) is 1.94. The SMILES string of the molecule is CN(C(=O)c1cc(Cl)c2c(c1)OCO2)C1CCc2ccccc21. The van der Waals surface area contributed by atoms with E-state index >= 15 is 0 Å². The molecule has 0 bridgehead atoms. The minimum atomic E-state index is -0.0631. The van der Waals surface area contributed by atoms with Crippen molar-refractivity contribution in [3.8, 4) is 11.5 Å². The molecule has 0 saturated heterocycles. The largest absolute Gasteiger partial charge is 0.454 e. The van der Waals surface area contributed by atoms with Gasteiger partial charge < -0.3 is 14.4 Å². The minimum Gasteiger partial charge on any atom is -0.454 e. The molecule has 4 nitrogen and oxygen atoms in total. The van der Waals surface area contributed by atoms with E-state index in [4.69, 9.17) is 21.1 Å². The fourth-order valence-electron chi connectivity index (χ4n) is 3.37. The normalized spacial score (nSPS) is 17.9. The van der Waals surface area contributed by atoms with Gasteiger partial charge in [-0.3, -0.25) is 4.79 Å². The molecule has 2 aliphatic rings. The number of amides is 1. The van der Waals surface area contributed by atoms with E-state index in [9.17, 15) is 4.79 Å². The molecule has 2 aromatic rings. The van der Waals surface area contributed by atoms with Crippen LogP contribution in [0.5, 0.6) is 11.5 Å². The van der Waals surface area contributed by atoms with Gasteiger partial charge in [0.15, 0.2) is 11.5 Å². The number of hydrogen-bond acceptors (Lipinski definition) is 3. The molecule has 0 spiro atoms. The van der Waals surface area contributed by atoms with E-state index in [2.05, 4.69) is 12.1 Å². The van der Waals surface area contributed by atoms with Gasteiger partial charge in [-0.15, -0.1) is 0 Å². The average molecular weight is 330 g/mol. The van der Waals surface area contributed by atoms with E-state index in [-0.39, 0.29) is 18.7 Å². The molecule has 1 atom stereocenters. The van der Waals surface area contributed by atoms with E-state index in [0.717, 1.165) is 12.8 Å². The first-order chi connectivity index (χ1) is 11.1. The van der Waals surface area contributed by atoms with E-state index in [1.54, 1.807) is 17.0 Å². The maximum Gasteiger partial charge on any atom is 0.254 e. The first-order valence-electron chi connectivity index (χ1n) is 7.59. The van der Waals surface area contributed by atoms with Crippen LogP contribution in [0.2, 0.25) is 5.02 Å². The van der Waals surface area contributed by atoms with Gasteiger partial charge in [-0.05, 0) is 36.1 Å². The van der Waals surface area contributed by atoms with Crippen LogP contribution < -0.4 is 9.47 Å². The van der Waals surface area contributed by atoms with Crippen molar-refractivity contribution in [2.75, 3.05) is 13.8 Å². The molecule has 0 N–H and O–H groups in total. The van der Waals surface area contributed by atoms with Crippen molar-refractivity contribution >= 4 is 17.5 Å². The predicted molar refractivity (Wildman–Crippen MR) is 87.2 cm³/mol. The Morgan fingerprint density at radius 3 is 2.96 bits per heavy atom. The molecular formula is C18H16ClNO3. The Morgan fingerprint density at radius 1 is 1.26 bits per heavy atom. The summed E-state index contributed by atoms with van der Waals surface area (Å²) in [7, 11) is 1.84. The van der Waals surface area contributed by atoms with Crippen molar-refractivity contribution < 1.29 is 14.3 Å². The first kappa shape index (κ1) is 14.4. The van der Waals surface area contributed by atoms with Crippen LogP contribution in [-0.4, -0.2) is 24.6 Å². The zero-order chi connectivity index (χ0) is 16.0. The molecular weight excluding hydrogens is 314 g/mol. The molecule has 1 amide bonds. The van der Waals surface area contributed by atoms with Crippen LogP contribution in [0.15, 0.2) is 36.4 Å². The Bertz CT molecular complexity index is 790. The van der Waals surface area contributed by atoms with Gasteiger partial charge in [0.05, 0.1) is 11.1 Å². The molecule has 0 aromatic heterocycles. The van der Waals surface area contributed by atoms with Gasteiger partial charge in [-0.25, -0.2) is 0 Å². The van der Waals surface area contributed by atoms with Crippen molar-refractivity contribution in [2.24, 2.45) is 0 Å². The van der Waals surface area contributed by atoms with E-state index in [1.165, 1.54) is 11.1 Å². The molecule has 4 rings (SSSR count). The van der Waals surface area contributed by atoms with Crippen LogP contribution in [0.1, 0.15) is 33.9 Å². The van der Waals surface area contributed by atoms with Crippen molar-refractivity contribution in [1.82, 2.24) is 4.90 Å². The van der Waals surface area contributed by atoms with Gasteiger partial charge in [0.25, 0.3) is 5.91 Å². The van der Waals surface area contributed by atoms with Crippen molar-refractivity contribution in [3.63, 3.8) is 0 Å². The second-order valence-electron chi connectivity index (χ2n) is 5.86. The maximum absolute atomic E-state index is 12.9. The minimum absolute atomic E-state index is 0.0631. The van der Waals surface area contributed by atoms with Crippen LogP contribution in [0.25, 0.3) is 0 Å². The Hall–Kier alpha value is -2.20. The lowest BCUT2D eigenvalue weighted by molar-refractivity contribution is 0.0730. The molecule has 5 heteroatoms. The molecule has 2 aromatic carbocycles. The highest BCUT2D eigenvalue weighted by molar-refractivity contribution is 6.32. The van der Waals surface area contributed by atoms with Crippen molar-refractivity contribution in [1.29, 1.82) is 0 Å². The number of ether oxygens (including phenoxy) is 2. The fraction of sp³-hybridized carbons (Fsp3) is 0.278. The summed E-state index contributed by atoms with van der Waals surface area (Å²) < 4.78 is 10.6. The number of carbonyl (C=O) groups excluding carboxylic acids is 1. The molecule has 1 aliphatic heterocycles. The first-order valence-corrected chi connectivity index (χ1v) is 7.97. The van der Waals surface area contributed by atoms with Crippen LogP contribution in [0, 0.1) is 0 Å². The molecule has 1 aliphatic carbocycles. The second kappa shape index (κ2) is 5.46. The van der Waals surface area contributed by atoms with E-state index in [1.807, 2.05) is 19.2 Å². The quantitative estimate of drug-likeness (QED) is 0.840.